The molecular weight excluding hydrogens is 278 g/mol. The molecule has 0 bridgehead atoms. The van der Waals surface area contributed by atoms with Gasteiger partial charge in [-0.1, -0.05) is 24.3 Å². The summed E-state index contributed by atoms with van der Waals surface area (Å²) in [6, 6.07) is 8.27. The molecular formula is C18H23NO3. The van der Waals surface area contributed by atoms with E-state index in [1.165, 1.54) is 11.1 Å². The van der Waals surface area contributed by atoms with Crippen molar-refractivity contribution in [3.05, 3.63) is 35.4 Å². The van der Waals surface area contributed by atoms with Gasteiger partial charge in [0.1, 0.15) is 0 Å². The first-order valence-electron chi connectivity index (χ1n) is 8.15. The maximum Gasteiger partial charge on any atom is 0.306 e. The molecule has 2 aliphatic rings. The lowest BCUT2D eigenvalue weighted by Crippen LogP contribution is -2.34. The predicted molar refractivity (Wildman–Crippen MR) is 83.3 cm³/mol. The molecule has 118 valence electrons. The van der Waals surface area contributed by atoms with E-state index < -0.39 is 5.97 Å². The molecule has 2 aliphatic carbocycles. The summed E-state index contributed by atoms with van der Waals surface area (Å²) >= 11 is 0. The van der Waals surface area contributed by atoms with Crippen LogP contribution in [0.1, 0.15) is 49.3 Å². The Kier molecular flexibility index (Phi) is 4.19. The first-order valence-corrected chi connectivity index (χ1v) is 8.15. The van der Waals surface area contributed by atoms with E-state index in [1.807, 2.05) is 12.1 Å². The summed E-state index contributed by atoms with van der Waals surface area (Å²) in [5, 5.41) is 12.3. The van der Waals surface area contributed by atoms with E-state index in [-0.39, 0.29) is 23.8 Å². The van der Waals surface area contributed by atoms with Crippen LogP contribution in [0.3, 0.4) is 0 Å². The molecule has 4 heteroatoms. The quantitative estimate of drug-likeness (QED) is 0.878. The highest BCUT2D eigenvalue weighted by Gasteiger charge is 2.38. The highest BCUT2D eigenvalue weighted by Crippen LogP contribution is 2.42. The minimum Gasteiger partial charge on any atom is -0.481 e. The predicted octanol–water partition coefficient (Wildman–Crippen LogP) is 3.06. The molecule has 0 aromatic heterocycles. The molecule has 1 aromatic carbocycles. The molecule has 0 spiro atoms. The lowest BCUT2D eigenvalue weighted by molar-refractivity contribution is -0.141. The second-order valence-electron chi connectivity index (χ2n) is 6.73. The topological polar surface area (TPSA) is 66.4 Å². The number of benzene rings is 1. The van der Waals surface area contributed by atoms with Crippen LogP contribution in [-0.4, -0.2) is 17.0 Å². The number of aliphatic carboxylic acids is 1. The number of carbonyl (C=O) groups excluding carboxylic acids is 1. The third-order valence-electron chi connectivity index (χ3n) is 5.07. The van der Waals surface area contributed by atoms with Crippen LogP contribution in [0, 0.1) is 24.7 Å². The number of carboxylic acids is 1. The number of nitrogens with one attached hydrogen (secondary N) is 1. The monoisotopic (exact) mass is 301 g/mol. The second kappa shape index (κ2) is 6.11. The Hall–Kier alpha value is -1.84. The van der Waals surface area contributed by atoms with Crippen LogP contribution < -0.4 is 5.32 Å². The number of carboxylic acid groups (broad SMARTS) is 1. The van der Waals surface area contributed by atoms with Crippen molar-refractivity contribution in [1.29, 1.82) is 0 Å². The van der Waals surface area contributed by atoms with E-state index in [4.69, 9.17) is 5.11 Å². The lowest BCUT2D eigenvalue weighted by atomic mass is 9.96. The van der Waals surface area contributed by atoms with Gasteiger partial charge in [0.05, 0.1) is 12.0 Å². The van der Waals surface area contributed by atoms with Gasteiger partial charge in [-0.25, -0.2) is 0 Å². The summed E-state index contributed by atoms with van der Waals surface area (Å²) in [5.41, 5.74) is 2.40. The summed E-state index contributed by atoms with van der Waals surface area (Å²) in [5.74, 6) is -0.710. The van der Waals surface area contributed by atoms with Crippen LogP contribution in [-0.2, 0) is 9.59 Å². The van der Waals surface area contributed by atoms with Crippen LogP contribution in [0.2, 0.25) is 0 Å². The summed E-state index contributed by atoms with van der Waals surface area (Å²) in [6.07, 6.45) is 4.09. The van der Waals surface area contributed by atoms with Crippen molar-refractivity contribution < 1.29 is 14.7 Å². The van der Waals surface area contributed by atoms with Gasteiger partial charge in [0.2, 0.25) is 5.91 Å². The van der Waals surface area contributed by atoms with E-state index in [2.05, 4.69) is 24.4 Å². The number of carbonyl (C=O) groups is 2. The summed E-state index contributed by atoms with van der Waals surface area (Å²) < 4.78 is 0. The smallest absolute Gasteiger partial charge is 0.306 e. The van der Waals surface area contributed by atoms with Gasteiger partial charge in [-0.15, -0.1) is 0 Å². The van der Waals surface area contributed by atoms with Gasteiger partial charge in [0, 0.05) is 5.92 Å². The molecule has 22 heavy (non-hydrogen) atoms. The fraction of sp³-hybridized carbons (Fsp3) is 0.556. The first kappa shape index (κ1) is 15.1. The zero-order valence-corrected chi connectivity index (χ0v) is 12.9. The minimum atomic E-state index is -0.770. The van der Waals surface area contributed by atoms with Gasteiger partial charge in [0.25, 0.3) is 0 Å². The Morgan fingerprint density at radius 3 is 2.41 bits per heavy atom. The maximum atomic E-state index is 12.5. The molecule has 0 heterocycles. The highest BCUT2D eigenvalue weighted by atomic mass is 16.4. The highest BCUT2D eigenvalue weighted by molar-refractivity contribution is 5.81. The Labute approximate surface area is 130 Å². The van der Waals surface area contributed by atoms with Crippen molar-refractivity contribution in [3.8, 4) is 0 Å². The van der Waals surface area contributed by atoms with E-state index in [9.17, 15) is 9.59 Å². The fourth-order valence-corrected chi connectivity index (χ4v) is 3.53. The Morgan fingerprint density at radius 2 is 1.82 bits per heavy atom. The van der Waals surface area contributed by atoms with Crippen molar-refractivity contribution in [2.45, 2.75) is 45.1 Å². The van der Waals surface area contributed by atoms with E-state index in [0.29, 0.717) is 25.2 Å². The number of hydrogen-bond donors (Lipinski definition) is 2. The number of rotatable bonds is 5. The number of amides is 1. The average Bonchev–Trinajstić information content (AvgIpc) is 3.20. The minimum absolute atomic E-state index is 0.0314. The molecule has 0 aliphatic heterocycles. The van der Waals surface area contributed by atoms with E-state index >= 15 is 0 Å². The molecule has 1 amide bonds. The zero-order valence-electron chi connectivity index (χ0n) is 12.9. The van der Waals surface area contributed by atoms with Crippen LogP contribution in [0.25, 0.3) is 0 Å². The van der Waals surface area contributed by atoms with Crippen molar-refractivity contribution >= 4 is 11.9 Å². The summed E-state index contributed by atoms with van der Waals surface area (Å²) in [6.45, 7) is 2.08. The summed E-state index contributed by atoms with van der Waals surface area (Å²) in [4.78, 5) is 23.6. The molecule has 3 atom stereocenters. The van der Waals surface area contributed by atoms with Gasteiger partial charge in [0.15, 0.2) is 0 Å². The molecule has 2 N–H and O–H groups in total. The maximum absolute atomic E-state index is 12.5. The third-order valence-corrected chi connectivity index (χ3v) is 5.07. The van der Waals surface area contributed by atoms with Gasteiger partial charge >= 0.3 is 5.97 Å². The molecule has 1 aromatic rings. The Balaban J connectivity index is 1.69. The molecule has 2 fully saturated rings. The van der Waals surface area contributed by atoms with Crippen molar-refractivity contribution in [2.24, 2.45) is 17.8 Å². The number of hydrogen-bond acceptors (Lipinski definition) is 2. The molecule has 4 nitrogen and oxygen atoms in total. The summed E-state index contributed by atoms with van der Waals surface area (Å²) in [7, 11) is 0. The Morgan fingerprint density at radius 1 is 1.14 bits per heavy atom. The second-order valence-corrected chi connectivity index (χ2v) is 6.73. The molecule has 1 unspecified atom stereocenters. The van der Waals surface area contributed by atoms with Crippen LogP contribution in [0.4, 0.5) is 0 Å². The van der Waals surface area contributed by atoms with Crippen molar-refractivity contribution in [3.63, 3.8) is 0 Å². The first-order chi connectivity index (χ1) is 10.6. The van der Waals surface area contributed by atoms with Crippen molar-refractivity contribution in [2.75, 3.05) is 0 Å². The molecule has 3 rings (SSSR count). The van der Waals surface area contributed by atoms with Crippen LogP contribution in [0.15, 0.2) is 24.3 Å². The van der Waals surface area contributed by atoms with E-state index in [1.54, 1.807) is 0 Å². The number of aryl methyl sites for hydroxylation is 1. The molecule has 0 saturated heterocycles. The van der Waals surface area contributed by atoms with Gasteiger partial charge in [-0.3, -0.25) is 9.59 Å². The van der Waals surface area contributed by atoms with E-state index in [0.717, 1.165) is 12.8 Å². The Bertz CT molecular complexity index is 579. The largest absolute Gasteiger partial charge is 0.481 e. The molecule has 0 radical (unpaired) electrons. The third kappa shape index (κ3) is 3.16. The van der Waals surface area contributed by atoms with Gasteiger partial charge in [-0.05, 0) is 56.1 Å². The SMILES string of the molecule is Cc1ccccc1C(NC(=O)[C@@H]1CC[C@H](C(=O)O)C1)C1CC1. The zero-order chi connectivity index (χ0) is 15.7. The fourth-order valence-electron chi connectivity index (χ4n) is 3.53. The van der Waals surface area contributed by atoms with Crippen LogP contribution >= 0.6 is 0 Å². The van der Waals surface area contributed by atoms with Crippen molar-refractivity contribution in [1.82, 2.24) is 5.32 Å². The van der Waals surface area contributed by atoms with Gasteiger partial charge < -0.3 is 10.4 Å². The lowest BCUT2D eigenvalue weighted by Gasteiger charge is -2.22. The normalized spacial score (nSPS) is 25.7. The van der Waals surface area contributed by atoms with Crippen LogP contribution in [0.5, 0.6) is 0 Å². The standard InChI is InChI=1S/C18H23NO3/c1-11-4-2-3-5-15(11)16(12-6-7-12)19-17(20)13-8-9-14(10-13)18(21)22/h2-5,12-14,16H,6-10H2,1H3,(H,19,20)(H,21,22)/t13-,14+,16?/m1/s1. The average molecular weight is 301 g/mol. The van der Waals surface area contributed by atoms with Gasteiger partial charge in [-0.2, -0.15) is 0 Å². The molecule has 2 saturated carbocycles.